The number of carbonyl (C=O) groups excluding carboxylic acids is 1. The lowest BCUT2D eigenvalue weighted by Crippen LogP contribution is -2.36. The Bertz CT molecular complexity index is 725. The highest BCUT2D eigenvalue weighted by Gasteiger charge is 2.26. The minimum atomic E-state index is -0.109. The maximum atomic E-state index is 12.3. The molecule has 1 unspecified atom stereocenters. The number of hydrogen-bond acceptors (Lipinski definition) is 3. The molecule has 1 aliphatic rings. The average molecular weight is 389 g/mol. The fourth-order valence-electron chi connectivity index (χ4n) is 4.08. The molecule has 0 fully saturated rings. The molecule has 1 aliphatic carbocycles. The lowest BCUT2D eigenvalue weighted by atomic mass is 9.83. The van der Waals surface area contributed by atoms with E-state index in [1.54, 1.807) is 26.0 Å². The Balaban J connectivity index is 2.46. The third kappa shape index (κ3) is 5.21. The number of amides is 2. The molecule has 2 N–H and O–H groups in total. The first-order valence-corrected chi connectivity index (χ1v) is 10.4. The van der Waals surface area contributed by atoms with Crippen molar-refractivity contribution in [1.82, 2.24) is 9.80 Å². The Hall–Kier alpha value is -2.17. The smallest absolute Gasteiger partial charge is 0.319 e. The average Bonchev–Trinajstić information content (AvgIpc) is 2.64. The van der Waals surface area contributed by atoms with Gasteiger partial charge in [-0.2, -0.15) is 0 Å². The number of urea groups is 1. The second-order valence-corrected chi connectivity index (χ2v) is 8.30. The third-order valence-corrected chi connectivity index (χ3v) is 5.61. The number of benzene rings is 1. The van der Waals surface area contributed by atoms with Crippen LogP contribution in [0.15, 0.2) is 17.7 Å². The summed E-state index contributed by atoms with van der Waals surface area (Å²) in [4.78, 5) is 15.5. The standard InChI is InChI=1S/C23H36N2O3/c1-6-7-8-11-17-14-20(26)21(18-12-9-10-16(2)13-18)22(27)19(17)15-25(5)23(28)24(3)4/h13-14,18,26-27H,6-12,15H2,1-5H3. The predicted octanol–water partition coefficient (Wildman–Crippen LogP) is 5.16. The number of allylic oxidation sites excluding steroid dienone is 2. The van der Waals surface area contributed by atoms with Crippen LogP contribution in [0.4, 0.5) is 4.79 Å². The minimum Gasteiger partial charge on any atom is -0.507 e. The molecule has 5 nitrogen and oxygen atoms in total. The molecule has 0 spiro atoms. The fourth-order valence-corrected chi connectivity index (χ4v) is 4.08. The van der Waals surface area contributed by atoms with Gasteiger partial charge in [-0.1, -0.05) is 31.4 Å². The zero-order valence-electron chi connectivity index (χ0n) is 18.1. The topological polar surface area (TPSA) is 64.0 Å². The molecule has 0 heterocycles. The number of phenols is 2. The van der Waals surface area contributed by atoms with E-state index in [1.807, 2.05) is 6.07 Å². The van der Waals surface area contributed by atoms with Crippen LogP contribution in [-0.2, 0) is 13.0 Å². The lowest BCUT2D eigenvalue weighted by molar-refractivity contribution is 0.179. The van der Waals surface area contributed by atoms with Crippen molar-refractivity contribution >= 4 is 6.03 Å². The van der Waals surface area contributed by atoms with E-state index in [0.717, 1.165) is 56.1 Å². The summed E-state index contributed by atoms with van der Waals surface area (Å²) in [6, 6.07) is 1.70. The van der Waals surface area contributed by atoms with Gasteiger partial charge in [0.1, 0.15) is 11.5 Å². The molecule has 156 valence electrons. The van der Waals surface area contributed by atoms with Gasteiger partial charge < -0.3 is 20.0 Å². The van der Waals surface area contributed by atoms with Crippen molar-refractivity contribution in [3.63, 3.8) is 0 Å². The third-order valence-electron chi connectivity index (χ3n) is 5.61. The molecule has 1 atom stereocenters. The van der Waals surface area contributed by atoms with E-state index in [9.17, 15) is 15.0 Å². The van der Waals surface area contributed by atoms with E-state index in [-0.39, 0.29) is 23.4 Å². The number of phenolic OH excluding ortho intramolecular Hbond substituents is 2. The largest absolute Gasteiger partial charge is 0.507 e. The van der Waals surface area contributed by atoms with Crippen molar-refractivity contribution in [1.29, 1.82) is 0 Å². The quantitative estimate of drug-likeness (QED) is 0.501. The van der Waals surface area contributed by atoms with Gasteiger partial charge in [0, 0.05) is 38.2 Å². The molecule has 2 rings (SSSR count). The second kappa shape index (κ2) is 9.85. The summed E-state index contributed by atoms with van der Waals surface area (Å²) in [5.41, 5.74) is 3.60. The number of nitrogens with zero attached hydrogens (tertiary/aromatic N) is 2. The maximum absolute atomic E-state index is 12.3. The second-order valence-electron chi connectivity index (χ2n) is 8.30. The van der Waals surface area contributed by atoms with E-state index in [1.165, 1.54) is 10.5 Å². The fraction of sp³-hybridized carbons (Fsp3) is 0.609. The number of aromatic hydroxyl groups is 2. The summed E-state index contributed by atoms with van der Waals surface area (Å²) in [7, 11) is 5.19. The molecular formula is C23H36N2O3. The summed E-state index contributed by atoms with van der Waals surface area (Å²) >= 11 is 0. The Morgan fingerprint density at radius 1 is 1.21 bits per heavy atom. The van der Waals surface area contributed by atoms with Crippen molar-refractivity contribution in [3.8, 4) is 11.5 Å². The first-order valence-electron chi connectivity index (χ1n) is 10.4. The monoisotopic (exact) mass is 388 g/mol. The molecule has 28 heavy (non-hydrogen) atoms. The van der Waals surface area contributed by atoms with Crippen LogP contribution in [0.3, 0.4) is 0 Å². The molecule has 0 bridgehead atoms. The molecule has 1 aromatic carbocycles. The van der Waals surface area contributed by atoms with E-state index in [0.29, 0.717) is 12.1 Å². The molecule has 2 amide bonds. The van der Waals surface area contributed by atoms with Crippen molar-refractivity contribution in [2.24, 2.45) is 0 Å². The number of hydrogen-bond donors (Lipinski definition) is 2. The Kier molecular flexibility index (Phi) is 7.78. The van der Waals surface area contributed by atoms with Crippen LogP contribution in [0.1, 0.15) is 75.0 Å². The lowest BCUT2D eigenvalue weighted by Gasteiger charge is -2.27. The highest BCUT2D eigenvalue weighted by Crippen LogP contribution is 2.44. The van der Waals surface area contributed by atoms with E-state index in [4.69, 9.17) is 0 Å². The van der Waals surface area contributed by atoms with Gasteiger partial charge in [0.25, 0.3) is 0 Å². The van der Waals surface area contributed by atoms with Crippen LogP contribution in [0, 0.1) is 0 Å². The van der Waals surface area contributed by atoms with Gasteiger partial charge in [-0.3, -0.25) is 0 Å². The van der Waals surface area contributed by atoms with Crippen molar-refractivity contribution in [2.45, 2.75) is 71.3 Å². The highest BCUT2D eigenvalue weighted by atomic mass is 16.3. The van der Waals surface area contributed by atoms with Crippen LogP contribution in [0.5, 0.6) is 11.5 Å². The van der Waals surface area contributed by atoms with Gasteiger partial charge in [-0.05, 0) is 50.7 Å². The van der Waals surface area contributed by atoms with Crippen LogP contribution >= 0.6 is 0 Å². The Labute approximate surface area is 169 Å². The van der Waals surface area contributed by atoms with E-state index < -0.39 is 0 Å². The van der Waals surface area contributed by atoms with Crippen molar-refractivity contribution in [3.05, 3.63) is 34.4 Å². The summed E-state index contributed by atoms with van der Waals surface area (Å²) in [5, 5.41) is 21.9. The zero-order valence-corrected chi connectivity index (χ0v) is 18.1. The van der Waals surface area contributed by atoms with Crippen LogP contribution in [0.25, 0.3) is 0 Å². The maximum Gasteiger partial charge on any atom is 0.319 e. The Morgan fingerprint density at radius 2 is 1.93 bits per heavy atom. The summed E-state index contributed by atoms with van der Waals surface area (Å²) in [6.45, 7) is 4.58. The molecule has 0 radical (unpaired) electrons. The molecule has 0 aliphatic heterocycles. The molecule has 0 saturated carbocycles. The van der Waals surface area contributed by atoms with Gasteiger partial charge in [0.15, 0.2) is 0 Å². The summed E-state index contributed by atoms with van der Waals surface area (Å²) in [6.07, 6.45) is 9.19. The van der Waals surface area contributed by atoms with E-state index in [2.05, 4.69) is 19.9 Å². The zero-order chi connectivity index (χ0) is 20.8. The minimum absolute atomic E-state index is 0.0204. The van der Waals surface area contributed by atoms with Crippen molar-refractivity contribution in [2.75, 3.05) is 21.1 Å². The molecule has 0 saturated heterocycles. The van der Waals surface area contributed by atoms with Crippen LogP contribution in [0.2, 0.25) is 0 Å². The first-order chi connectivity index (χ1) is 13.3. The predicted molar refractivity (Wildman–Crippen MR) is 114 cm³/mol. The van der Waals surface area contributed by atoms with Gasteiger partial charge in [-0.25, -0.2) is 4.79 Å². The normalized spacial score (nSPS) is 16.6. The number of rotatable bonds is 7. The Morgan fingerprint density at radius 3 is 2.54 bits per heavy atom. The molecular weight excluding hydrogens is 352 g/mol. The van der Waals surface area contributed by atoms with Gasteiger partial charge in [-0.15, -0.1) is 0 Å². The molecule has 1 aromatic rings. The molecule has 0 aromatic heterocycles. The highest BCUT2D eigenvalue weighted by molar-refractivity contribution is 5.73. The van der Waals surface area contributed by atoms with Gasteiger partial charge in [0.05, 0.1) is 6.54 Å². The number of carbonyl (C=O) groups is 1. The van der Waals surface area contributed by atoms with Crippen LogP contribution in [-0.4, -0.2) is 47.2 Å². The SMILES string of the molecule is CCCCCc1cc(O)c(C2C=C(C)CCC2)c(O)c1CN(C)C(=O)N(C)C. The van der Waals surface area contributed by atoms with Gasteiger partial charge in [0.2, 0.25) is 0 Å². The van der Waals surface area contributed by atoms with E-state index >= 15 is 0 Å². The molecule has 5 heteroatoms. The number of unbranched alkanes of at least 4 members (excludes halogenated alkanes) is 2. The van der Waals surface area contributed by atoms with Gasteiger partial charge >= 0.3 is 6.03 Å². The summed E-state index contributed by atoms with van der Waals surface area (Å²) < 4.78 is 0. The summed E-state index contributed by atoms with van der Waals surface area (Å²) in [5.74, 6) is 0.346. The van der Waals surface area contributed by atoms with Crippen molar-refractivity contribution < 1.29 is 15.0 Å². The number of aryl methyl sites for hydroxylation is 1. The first kappa shape index (κ1) is 22.1. The van der Waals surface area contributed by atoms with Crippen LogP contribution < -0.4 is 0 Å².